The molecule has 0 unspecified atom stereocenters. The Balaban J connectivity index is 1.33. The Hall–Kier alpha value is -1.67. The molecule has 2 aromatic rings. The van der Waals surface area contributed by atoms with Crippen LogP contribution in [0.25, 0.3) is 11.1 Å². The number of halogens is 1. The third-order valence-corrected chi connectivity index (χ3v) is 8.47. The summed E-state index contributed by atoms with van der Waals surface area (Å²) >= 11 is 0. The van der Waals surface area contributed by atoms with Gasteiger partial charge in [0.2, 0.25) is 0 Å². The van der Waals surface area contributed by atoms with Gasteiger partial charge in [-0.2, -0.15) is 0 Å². The van der Waals surface area contributed by atoms with Gasteiger partial charge < -0.3 is 4.74 Å². The van der Waals surface area contributed by atoms with Gasteiger partial charge in [-0.1, -0.05) is 69.0 Å². The third kappa shape index (κ3) is 6.47. The summed E-state index contributed by atoms with van der Waals surface area (Å²) < 4.78 is 20.4. The topological polar surface area (TPSA) is 9.23 Å². The lowest BCUT2D eigenvalue weighted by Gasteiger charge is -2.29. The van der Waals surface area contributed by atoms with Crippen molar-refractivity contribution >= 4 is 0 Å². The minimum Gasteiger partial charge on any atom is -0.384 e. The van der Waals surface area contributed by atoms with Gasteiger partial charge in [0.25, 0.3) is 0 Å². The van der Waals surface area contributed by atoms with Gasteiger partial charge in [-0.15, -0.1) is 0 Å². The molecule has 2 aliphatic carbocycles. The van der Waals surface area contributed by atoms with Crippen LogP contribution >= 0.6 is 0 Å². The monoisotopic (exact) mass is 450 g/mol. The Morgan fingerprint density at radius 3 is 2.03 bits per heavy atom. The van der Waals surface area contributed by atoms with Crippen LogP contribution in [0, 0.1) is 17.7 Å². The number of rotatable bonds is 9. The van der Waals surface area contributed by atoms with Crippen LogP contribution < -0.4 is 0 Å². The molecule has 4 rings (SSSR count). The molecule has 2 fully saturated rings. The van der Waals surface area contributed by atoms with Crippen LogP contribution in [-0.4, -0.2) is 13.7 Å². The van der Waals surface area contributed by atoms with Crippen molar-refractivity contribution in [2.24, 2.45) is 11.8 Å². The minimum atomic E-state index is -0.0341. The second kappa shape index (κ2) is 12.2. The van der Waals surface area contributed by atoms with E-state index in [2.05, 4.69) is 37.3 Å². The summed E-state index contributed by atoms with van der Waals surface area (Å²) in [5, 5.41) is 0. The first kappa shape index (κ1) is 24.5. The molecule has 2 saturated carbocycles. The normalized spacial score (nSPS) is 25.8. The molecule has 2 aliphatic rings. The number of hydrogen-bond donors (Lipinski definition) is 0. The number of hydrogen-bond acceptors (Lipinski definition) is 1. The molecule has 0 heterocycles. The molecule has 0 saturated heterocycles. The lowest BCUT2D eigenvalue weighted by atomic mass is 9.77. The Kier molecular flexibility index (Phi) is 9.01. The Morgan fingerprint density at radius 1 is 0.758 bits per heavy atom. The van der Waals surface area contributed by atoms with Gasteiger partial charge in [0, 0.05) is 13.7 Å². The number of unbranched alkanes of at least 4 members (excludes halogenated alkanes) is 2. The second-order valence-electron chi connectivity index (χ2n) is 10.7. The zero-order valence-electron chi connectivity index (χ0n) is 20.8. The molecule has 0 N–H and O–H groups in total. The van der Waals surface area contributed by atoms with Crippen LogP contribution in [0.5, 0.6) is 0 Å². The van der Waals surface area contributed by atoms with E-state index in [9.17, 15) is 0 Å². The SMILES string of the molecule is CCCCCC1CCC(c2ccc(-c3ccc(C4CCC(COC)CC4)c(F)c3)cc2)CC1. The van der Waals surface area contributed by atoms with Gasteiger partial charge in [0.05, 0.1) is 0 Å². The summed E-state index contributed by atoms with van der Waals surface area (Å²) in [5.74, 6) is 2.61. The molecule has 0 aromatic heterocycles. The predicted octanol–water partition coefficient (Wildman–Crippen LogP) is 9.27. The van der Waals surface area contributed by atoms with Crippen LogP contribution in [0.3, 0.4) is 0 Å². The number of ether oxygens (including phenoxy) is 1. The Labute approximate surface area is 201 Å². The number of benzene rings is 2. The molecule has 180 valence electrons. The van der Waals surface area contributed by atoms with E-state index in [0.29, 0.717) is 17.8 Å². The maximum absolute atomic E-state index is 15.1. The maximum Gasteiger partial charge on any atom is 0.127 e. The highest BCUT2D eigenvalue weighted by Crippen LogP contribution is 2.40. The van der Waals surface area contributed by atoms with Crippen LogP contribution in [0.2, 0.25) is 0 Å². The first-order valence-electron chi connectivity index (χ1n) is 13.6. The third-order valence-electron chi connectivity index (χ3n) is 8.47. The quantitative estimate of drug-likeness (QED) is 0.346. The number of methoxy groups -OCH3 is 1. The molecule has 2 aromatic carbocycles. The minimum absolute atomic E-state index is 0.0341. The van der Waals surface area contributed by atoms with E-state index in [-0.39, 0.29) is 5.82 Å². The van der Waals surface area contributed by atoms with Gasteiger partial charge >= 0.3 is 0 Å². The van der Waals surface area contributed by atoms with Crippen LogP contribution in [0.1, 0.15) is 107 Å². The first-order chi connectivity index (χ1) is 16.2. The van der Waals surface area contributed by atoms with Gasteiger partial charge in [0.1, 0.15) is 5.82 Å². The van der Waals surface area contributed by atoms with E-state index in [1.165, 1.54) is 56.9 Å². The molecule has 0 bridgehead atoms. The molecule has 33 heavy (non-hydrogen) atoms. The molecule has 0 radical (unpaired) electrons. The van der Waals surface area contributed by atoms with Crippen molar-refractivity contribution in [1.29, 1.82) is 0 Å². The molecule has 0 aliphatic heterocycles. The van der Waals surface area contributed by atoms with Crippen molar-refractivity contribution in [2.45, 2.75) is 95.8 Å². The predicted molar refractivity (Wildman–Crippen MR) is 137 cm³/mol. The standard InChI is InChI=1S/C31H43FO/c1-3-4-5-6-23-7-11-25(12-8-23)26-15-17-27(18-16-26)29-19-20-30(31(32)21-29)28-13-9-24(10-14-28)22-33-2/h15-21,23-25,28H,3-14,22H2,1-2H3. The Morgan fingerprint density at radius 2 is 1.39 bits per heavy atom. The van der Waals surface area contributed by atoms with Gasteiger partial charge in [0.15, 0.2) is 0 Å². The van der Waals surface area contributed by atoms with Crippen LogP contribution in [0.4, 0.5) is 4.39 Å². The summed E-state index contributed by atoms with van der Waals surface area (Å²) in [6.07, 6.45) is 15.4. The fourth-order valence-electron chi connectivity index (χ4n) is 6.33. The molecule has 0 spiro atoms. The molecular weight excluding hydrogens is 407 g/mol. The van der Waals surface area contributed by atoms with Crippen molar-refractivity contribution in [3.8, 4) is 11.1 Å². The van der Waals surface area contributed by atoms with Crippen molar-refractivity contribution in [2.75, 3.05) is 13.7 Å². The van der Waals surface area contributed by atoms with Crippen LogP contribution in [-0.2, 0) is 4.74 Å². The highest BCUT2D eigenvalue weighted by molar-refractivity contribution is 5.64. The van der Waals surface area contributed by atoms with E-state index < -0.39 is 0 Å². The molecule has 1 nitrogen and oxygen atoms in total. The Bertz CT molecular complexity index is 842. The molecule has 0 atom stereocenters. The maximum atomic E-state index is 15.1. The highest BCUT2D eigenvalue weighted by atomic mass is 19.1. The lowest BCUT2D eigenvalue weighted by molar-refractivity contribution is 0.127. The van der Waals surface area contributed by atoms with Crippen molar-refractivity contribution in [3.63, 3.8) is 0 Å². The molecular formula is C31H43FO. The van der Waals surface area contributed by atoms with Crippen molar-refractivity contribution < 1.29 is 9.13 Å². The van der Waals surface area contributed by atoms with E-state index in [1.807, 2.05) is 6.07 Å². The fourth-order valence-corrected chi connectivity index (χ4v) is 6.33. The van der Waals surface area contributed by atoms with Crippen LogP contribution in [0.15, 0.2) is 42.5 Å². The smallest absolute Gasteiger partial charge is 0.127 e. The van der Waals surface area contributed by atoms with Crippen molar-refractivity contribution in [3.05, 3.63) is 59.4 Å². The first-order valence-corrected chi connectivity index (χ1v) is 13.6. The largest absolute Gasteiger partial charge is 0.384 e. The van der Waals surface area contributed by atoms with E-state index >= 15 is 4.39 Å². The van der Waals surface area contributed by atoms with Gasteiger partial charge in [-0.3, -0.25) is 0 Å². The fraction of sp³-hybridized carbons (Fsp3) is 0.613. The zero-order chi connectivity index (χ0) is 23.0. The van der Waals surface area contributed by atoms with E-state index in [0.717, 1.165) is 54.9 Å². The van der Waals surface area contributed by atoms with Crippen molar-refractivity contribution in [1.82, 2.24) is 0 Å². The second-order valence-corrected chi connectivity index (χ2v) is 10.7. The van der Waals surface area contributed by atoms with E-state index in [4.69, 9.17) is 4.74 Å². The summed E-state index contributed by atoms with van der Waals surface area (Å²) in [7, 11) is 1.77. The average molecular weight is 451 g/mol. The zero-order valence-corrected chi connectivity index (χ0v) is 20.8. The van der Waals surface area contributed by atoms with Gasteiger partial charge in [-0.05, 0) is 103 Å². The van der Waals surface area contributed by atoms with E-state index in [1.54, 1.807) is 13.2 Å². The summed E-state index contributed by atoms with van der Waals surface area (Å²) in [5.41, 5.74) is 4.49. The highest BCUT2D eigenvalue weighted by Gasteiger charge is 2.25. The van der Waals surface area contributed by atoms with Gasteiger partial charge in [-0.25, -0.2) is 4.39 Å². The lowest BCUT2D eigenvalue weighted by Crippen LogP contribution is -2.17. The molecule has 2 heteroatoms. The summed E-state index contributed by atoms with van der Waals surface area (Å²) in [4.78, 5) is 0. The molecule has 0 amide bonds. The average Bonchev–Trinajstić information content (AvgIpc) is 2.86. The summed E-state index contributed by atoms with van der Waals surface area (Å²) in [6, 6.07) is 14.9. The summed E-state index contributed by atoms with van der Waals surface area (Å²) in [6.45, 7) is 3.13.